The van der Waals surface area contributed by atoms with Gasteiger partial charge in [0, 0.05) is 23.7 Å². The topological polar surface area (TPSA) is 42.2 Å². The summed E-state index contributed by atoms with van der Waals surface area (Å²) in [6.45, 7) is 1.91. The molecule has 0 amide bonds. The third-order valence-corrected chi connectivity index (χ3v) is 4.08. The van der Waals surface area contributed by atoms with E-state index in [1.54, 1.807) is 12.1 Å². The quantitative estimate of drug-likeness (QED) is 0.886. The van der Waals surface area contributed by atoms with E-state index in [-0.39, 0.29) is 5.82 Å². The molecule has 0 saturated heterocycles. The lowest BCUT2D eigenvalue weighted by Crippen LogP contribution is -2.21. The van der Waals surface area contributed by atoms with Gasteiger partial charge in [-0.25, -0.2) is 4.39 Å². The molecule has 1 saturated carbocycles. The van der Waals surface area contributed by atoms with Crippen molar-refractivity contribution in [3.63, 3.8) is 0 Å². The third kappa shape index (κ3) is 1.26. The number of carboxylic acids is 1. The Hall–Kier alpha value is -1.84. The Kier molecular flexibility index (Phi) is 2.09. The molecule has 1 aliphatic carbocycles. The molecular formula is C14H14FNO2. The second-order valence-corrected chi connectivity index (χ2v) is 5.09. The van der Waals surface area contributed by atoms with Gasteiger partial charge >= 0.3 is 5.97 Å². The van der Waals surface area contributed by atoms with E-state index in [1.165, 1.54) is 0 Å². The Morgan fingerprint density at radius 3 is 2.67 bits per heavy atom. The summed E-state index contributed by atoms with van der Waals surface area (Å²) >= 11 is 0. The van der Waals surface area contributed by atoms with Gasteiger partial charge in [-0.3, -0.25) is 4.79 Å². The number of aromatic nitrogens is 1. The number of aliphatic carboxylic acids is 1. The van der Waals surface area contributed by atoms with Crippen LogP contribution in [-0.2, 0) is 17.3 Å². The molecule has 0 aliphatic heterocycles. The Labute approximate surface area is 104 Å². The number of nitrogens with zero attached hydrogens (tertiary/aromatic N) is 1. The molecule has 1 heterocycles. The number of hydrogen-bond acceptors (Lipinski definition) is 1. The van der Waals surface area contributed by atoms with Crippen molar-refractivity contribution in [1.82, 2.24) is 4.57 Å². The molecule has 2 aromatic rings. The molecule has 1 fully saturated rings. The van der Waals surface area contributed by atoms with Crippen molar-refractivity contribution in [2.45, 2.75) is 25.2 Å². The highest BCUT2D eigenvalue weighted by Gasteiger charge is 2.53. The van der Waals surface area contributed by atoms with Gasteiger partial charge in [0.05, 0.1) is 10.9 Å². The van der Waals surface area contributed by atoms with Gasteiger partial charge in [-0.05, 0) is 31.9 Å². The normalized spacial score (nSPS) is 17.1. The number of halogens is 1. The van der Waals surface area contributed by atoms with Crippen LogP contribution in [0.1, 0.15) is 24.1 Å². The van der Waals surface area contributed by atoms with Crippen LogP contribution in [0, 0.1) is 12.7 Å². The second-order valence-electron chi connectivity index (χ2n) is 5.09. The number of rotatable bonds is 2. The van der Waals surface area contributed by atoms with Gasteiger partial charge in [-0.15, -0.1) is 0 Å². The van der Waals surface area contributed by atoms with Gasteiger partial charge < -0.3 is 9.67 Å². The Bertz CT molecular complexity index is 668. The van der Waals surface area contributed by atoms with E-state index in [0.717, 1.165) is 11.2 Å². The predicted octanol–water partition coefficient (Wildman–Crippen LogP) is 2.74. The minimum absolute atomic E-state index is 0.327. The summed E-state index contributed by atoms with van der Waals surface area (Å²) in [5, 5.41) is 9.76. The molecule has 0 radical (unpaired) electrons. The maximum atomic E-state index is 14.5. The summed E-state index contributed by atoms with van der Waals surface area (Å²) in [7, 11) is 1.88. The van der Waals surface area contributed by atoms with Crippen molar-refractivity contribution in [3.05, 3.63) is 35.3 Å². The van der Waals surface area contributed by atoms with Crippen molar-refractivity contribution in [2.75, 3.05) is 0 Å². The van der Waals surface area contributed by atoms with Crippen molar-refractivity contribution in [3.8, 4) is 0 Å². The van der Waals surface area contributed by atoms with E-state index in [2.05, 4.69) is 0 Å². The fourth-order valence-corrected chi connectivity index (χ4v) is 2.60. The molecule has 1 N–H and O–H groups in total. The zero-order chi connectivity index (χ0) is 13.1. The molecule has 3 rings (SSSR count). The van der Waals surface area contributed by atoms with Crippen LogP contribution in [0.4, 0.5) is 4.39 Å². The maximum Gasteiger partial charge on any atom is 0.314 e. The molecule has 3 nitrogen and oxygen atoms in total. The van der Waals surface area contributed by atoms with Crippen molar-refractivity contribution < 1.29 is 14.3 Å². The number of aryl methyl sites for hydroxylation is 2. The molecule has 94 valence electrons. The van der Waals surface area contributed by atoms with Crippen LogP contribution >= 0.6 is 0 Å². The molecule has 0 spiro atoms. The Morgan fingerprint density at radius 2 is 2.11 bits per heavy atom. The second kappa shape index (κ2) is 3.34. The standard InChI is InChI=1S/C14H14FNO2/c1-8-7-9-11(16(8)2)4-3-10(12(9)15)14(5-6-14)13(17)18/h3-4,7H,5-6H2,1-2H3,(H,17,18). The van der Waals surface area contributed by atoms with Crippen LogP contribution in [-0.4, -0.2) is 15.6 Å². The van der Waals surface area contributed by atoms with E-state index in [0.29, 0.717) is 23.8 Å². The van der Waals surface area contributed by atoms with Gasteiger partial charge in [0.1, 0.15) is 5.82 Å². The van der Waals surface area contributed by atoms with Crippen LogP contribution in [0.2, 0.25) is 0 Å². The van der Waals surface area contributed by atoms with Gasteiger partial charge in [-0.1, -0.05) is 6.07 Å². The monoisotopic (exact) mass is 247 g/mol. The van der Waals surface area contributed by atoms with Gasteiger partial charge in [0.2, 0.25) is 0 Å². The minimum atomic E-state index is -0.984. The molecule has 0 atom stereocenters. The maximum absolute atomic E-state index is 14.5. The van der Waals surface area contributed by atoms with Crippen LogP contribution in [0.5, 0.6) is 0 Å². The lowest BCUT2D eigenvalue weighted by molar-refractivity contribution is -0.140. The van der Waals surface area contributed by atoms with Gasteiger partial charge in [-0.2, -0.15) is 0 Å². The van der Waals surface area contributed by atoms with Crippen molar-refractivity contribution in [1.29, 1.82) is 0 Å². The van der Waals surface area contributed by atoms with Gasteiger partial charge in [0.15, 0.2) is 0 Å². The van der Waals surface area contributed by atoms with E-state index in [4.69, 9.17) is 0 Å². The zero-order valence-corrected chi connectivity index (χ0v) is 10.3. The number of benzene rings is 1. The van der Waals surface area contributed by atoms with E-state index in [1.807, 2.05) is 24.6 Å². The molecule has 0 unspecified atom stereocenters. The average Bonchev–Trinajstić information content (AvgIpc) is 3.06. The lowest BCUT2D eigenvalue weighted by Gasteiger charge is -2.12. The molecular weight excluding hydrogens is 233 g/mol. The zero-order valence-electron chi connectivity index (χ0n) is 10.3. The summed E-state index contributed by atoms with van der Waals surface area (Å²) in [4.78, 5) is 11.3. The molecule has 0 bridgehead atoms. The summed E-state index contributed by atoms with van der Waals surface area (Å²) in [6.07, 6.45) is 1.05. The highest BCUT2D eigenvalue weighted by Crippen LogP contribution is 2.50. The average molecular weight is 247 g/mol. The molecule has 4 heteroatoms. The summed E-state index contributed by atoms with van der Waals surface area (Å²) in [5.74, 6) is -1.30. The largest absolute Gasteiger partial charge is 0.481 e. The van der Waals surface area contributed by atoms with E-state index in [9.17, 15) is 14.3 Å². The van der Waals surface area contributed by atoms with Crippen molar-refractivity contribution in [2.24, 2.45) is 7.05 Å². The van der Waals surface area contributed by atoms with E-state index < -0.39 is 11.4 Å². The first-order valence-electron chi connectivity index (χ1n) is 5.96. The van der Waals surface area contributed by atoms with Gasteiger partial charge in [0.25, 0.3) is 0 Å². The van der Waals surface area contributed by atoms with E-state index >= 15 is 0 Å². The van der Waals surface area contributed by atoms with Crippen LogP contribution in [0.15, 0.2) is 18.2 Å². The van der Waals surface area contributed by atoms with Crippen LogP contribution in [0.3, 0.4) is 0 Å². The molecule has 18 heavy (non-hydrogen) atoms. The summed E-state index contributed by atoms with van der Waals surface area (Å²) in [6, 6.07) is 5.20. The first-order chi connectivity index (χ1) is 8.47. The van der Waals surface area contributed by atoms with Crippen LogP contribution in [0.25, 0.3) is 10.9 Å². The third-order valence-electron chi connectivity index (χ3n) is 4.08. The fourth-order valence-electron chi connectivity index (χ4n) is 2.60. The number of hydrogen-bond donors (Lipinski definition) is 1. The lowest BCUT2D eigenvalue weighted by atomic mass is 9.94. The molecule has 1 aliphatic rings. The van der Waals surface area contributed by atoms with Crippen molar-refractivity contribution >= 4 is 16.9 Å². The predicted molar refractivity (Wildman–Crippen MR) is 66.2 cm³/mol. The SMILES string of the molecule is Cc1cc2c(F)c(C3(C(=O)O)CC3)ccc2n1C. The molecule has 1 aromatic carbocycles. The first-order valence-corrected chi connectivity index (χ1v) is 5.96. The minimum Gasteiger partial charge on any atom is -0.481 e. The number of carbonyl (C=O) groups is 1. The molecule has 1 aromatic heterocycles. The highest BCUT2D eigenvalue weighted by atomic mass is 19.1. The first kappa shape index (κ1) is 11.3. The summed E-state index contributed by atoms with van der Waals surface area (Å²) in [5.41, 5.74) is 1.10. The highest BCUT2D eigenvalue weighted by molar-refractivity contribution is 5.89. The van der Waals surface area contributed by atoms with Crippen LogP contribution < -0.4 is 0 Å². The summed E-state index contributed by atoms with van der Waals surface area (Å²) < 4.78 is 16.4. The number of fused-ring (bicyclic) bond motifs is 1. The smallest absolute Gasteiger partial charge is 0.314 e. The number of carboxylic acid groups (broad SMARTS) is 1. The Morgan fingerprint density at radius 1 is 1.44 bits per heavy atom. The fraction of sp³-hybridized carbons (Fsp3) is 0.357. The Balaban J connectivity index is 2.28.